The van der Waals surface area contributed by atoms with E-state index in [1.54, 1.807) is 0 Å². The zero-order valence-electron chi connectivity index (χ0n) is 31.8. The van der Waals surface area contributed by atoms with Gasteiger partial charge in [0.25, 0.3) is 0 Å². The Morgan fingerprint density at radius 2 is 0.655 bits per heavy atom. The third kappa shape index (κ3) is 5.91. The Bertz CT molecular complexity index is 3090. The lowest BCUT2D eigenvalue weighted by Gasteiger charge is -2.26. The Kier molecular flexibility index (Phi) is 8.19. The second kappa shape index (κ2) is 14.1. The van der Waals surface area contributed by atoms with Gasteiger partial charge in [-0.1, -0.05) is 164 Å². The molecule has 0 atom stereocenters. The van der Waals surface area contributed by atoms with Crippen LogP contribution < -0.4 is 4.90 Å². The smallest absolute Gasteiger partial charge is 0.0541 e. The number of hydrogen-bond donors (Lipinski definition) is 0. The molecule has 11 aromatic rings. The molecule has 1 heterocycles. The minimum atomic E-state index is 1.09. The molecule has 0 N–H and O–H groups in total. The molecule has 272 valence electrons. The van der Waals surface area contributed by atoms with Gasteiger partial charge in [-0.05, 0) is 116 Å². The number of benzene rings is 10. The quantitative estimate of drug-likeness (QED) is 0.158. The maximum absolute atomic E-state index is 2.41. The third-order valence-corrected chi connectivity index (χ3v) is 11.6. The maximum atomic E-state index is 2.41. The van der Waals surface area contributed by atoms with Gasteiger partial charge in [-0.25, -0.2) is 0 Å². The molecule has 0 radical (unpaired) electrons. The number of aromatic nitrogens is 1. The van der Waals surface area contributed by atoms with Crippen molar-refractivity contribution in [3.63, 3.8) is 0 Å². The van der Waals surface area contributed by atoms with Crippen LogP contribution in [0.4, 0.5) is 17.1 Å². The van der Waals surface area contributed by atoms with E-state index < -0.39 is 0 Å². The molecule has 0 saturated carbocycles. The van der Waals surface area contributed by atoms with Crippen molar-refractivity contribution < 1.29 is 0 Å². The van der Waals surface area contributed by atoms with Crippen LogP contribution in [-0.2, 0) is 0 Å². The number of fused-ring (bicyclic) bond motifs is 5. The van der Waals surface area contributed by atoms with E-state index in [-0.39, 0.29) is 0 Å². The lowest BCUT2D eigenvalue weighted by molar-refractivity contribution is 1.18. The van der Waals surface area contributed by atoms with Crippen molar-refractivity contribution in [3.05, 3.63) is 231 Å². The van der Waals surface area contributed by atoms with Crippen molar-refractivity contribution in [1.29, 1.82) is 0 Å². The summed E-state index contributed by atoms with van der Waals surface area (Å²) >= 11 is 0. The SMILES string of the molecule is c1ccc(-n2c3ccccc3c3ccccc32)c(-c2ccc(N(c3ccc(-c4ccc5ccccc5c4)cc3)c3ccc(-c4ccc5ccccc5c4)cc3)cc2)c1. The van der Waals surface area contributed by atoms with Crippen molar-refractivity contribution in [2.75, 3.05) is 4.90 Å². The second-order valence-corrected chi connectivity index (χ2v) is 15.0. The molecule has 1 aromatic heterocycles. The van der Waals surface area contributed by atoms with Crippen LogP contribution in [0, 0.1) is 0 Å². The first-order valence-electron chi connectivity index (χ1n) is 19.9. The summed E-state index contributed by atoms with van der Waals surface area (Å²) in [6.45, 7) is 0. The van der Waals surface area contributed by atoms with Gasteiger partial charge in [-0.15, -0.1) is 0 Å². The van der Waals surface area contributed by atoms with Crippen LogP contribution in [-0.4, -0.2) is 4.57 Å². The van der Waals surface area contributed by atoms with Crippen LogP contribution in [0.5, 0.6) is 0 Å². The Hall–Kier alpha value is -7.68. The average Bonchev–Trinajstić information content (AvgIpc) is 3.64. The first-order valence-corrected chi connectivity index (χ1v) is 19.9. The summed E-state index contributed by atoms with van der Waals surface area (Å²) in [4.78, 5) is 2.36. The predicted octanol–water partition coefficient (Wildman–Crippen LogP) is 15.6. The highest BCUT2D eigenvalue weighted by Crippen LogP contribution is 2.40. The fourth-order valence-corrected chi connectivity index (χ4v) is 8.68. The summed E-state index contributed by atoms with van der Waals surface area (Å²) in [6, 6.07) is 83.7. The Balaban J connectivity index is 0.991. The van der Waals surface area contributed by atoms with Gasteiger partial charge in [0.05, 0.1) is 16.7 Å². The van der Waals surface area contributed by atoms with Crippen molar-refractivity contribution in [1.82, 2.24) is 4.57 Å². The Labute approximate surface area is 338 Å². The molecule has 0 spiro atoms. The van der Waals surface area contributed by atoms with Crippen molar-refractivity contribution >= 4 is 60.4 Å². The molecule has 58 heavy (non-hydrogen) atoms. The minimum absolute atomic E-state index is 1.09. The van der Waals surface area contributed by atoms with E-state index in [4.69, 9.17) is 0 Å². The monoisotopic (exact) mass is 738 g/mol. The maximum Gasteiger partial charge on any atom is 0.0541 e. The number of nitrogens with zero attached hydrogens (tertiary/aromatic N) is 2. The number of rotatable bonds is 7. The van der Waals surface area contributed by atoms with E-state index in [1.165, 1.54) is 76.7 Å². The molecular formula is C56H38N2. The van der Waals surface area contributed by atoms with Gasteiger partial charge in [-0.2, -0.15) is 0 Å². The molecule has 0 fully saturated rings. The van der Waals surface area contributed by atoms with Gasteiger partial charge in [0.2, 0.25) is 0 Å². The number of anilines is 3. The minimum Gasteiger partial charge on any atom is -0.311 e. The highest BCUT2D eigenvalue weighted by atomic mass is 15.1. The van der Waals surface area contributed by atoms with Gasteiger partial charge in [0.1, 0.15) is 0 Å². The summed E-state index contributed by atoms with van der Waals surface area (Å²) in [5.74, 6) is 0. The van der Waals surface area contributed by atoms with Gasteiger partial charge < -0.3 is 9.47 Å². The first-order chi connectivity index (χ1) is 28.7. The molecule has 11 rings (SSSR count). The summed E-state index contributed by atoms with van der Waals surface area (Å²) in [5, 5.41) is 7.52. The van der Waals surface area contributed by atoms with E-state index in [1.807, 2.05) is 0 Å². The predicted molar refractivity (Wildman–Crippen MR) is 247 cm³/mol. The molecule has 0 aliphatic carbocycles. The van der Waals surface area contributed by atoms with Crippen molar-refractivity contribution in [2.45, 2.75) is 0 Å². The molecule has 0 aliphatic heterocycles. The Morgan fingerprint density at radius 1 is 0.276 bits per heavy atom. The lowest BCUT2D eigenvalue weighted by Crippen LogP contribution is -2.09. The van der Waals surface area contributed by atoms with E-state index in [2.05, 4.69) is 240 Å². The standard InChI is InChI=1S/C56H38N2/c1-3-13-44-37-46(23-21-39(44)11-1)41-25-31-48(32-26-41)57(49-33-27-42(28-34-49)47-24-22-40-12-2-4-14-45(40)38-47)50-35-29-43(30-36-50)51-15-5-8-18-54(51)58-55-19-9-6-16-52(55)53-17-7-10-20-56(53)58/h1-38H. The van der Waals surface area contributed by atoms with Crippen LogP contribution in [0.15, 0.2) is 231 Å². The average molecular weight is 739 g/mol. The van der Waals surface area contributed by atoms with Crippen LogP contribution >= 0.6 is 0 Å². The largest absolute Gasteiger partial charge is 0.311 e. The normalized spacial score (nSPS) is 11.4. The number of para-hydroxylation sites is 3. The fourth-order valence-electron chi connectivity index (χ4n) is 8.68. The molecule has 0 unspecified atom stereocenters. The van der Waals surface area contributed by atoms with E-state index >= 15 is 0 Å². The van der Waals surface area contributed by atoms with Gasteiger partial charge in [0, 0.05) is 33.4 Å². The zero-order chi connectivity index (χ0) is 38.4. The van der Waals surface area contributed by atoms with E-state index in [9.17, 15) is 0 Å². The lowest BCUT2D eigenvalue weighted by atomic mass is 9.99. The van der Waals surface area contributed by atoms with Gasteiger partial charge in [-0.3, -0.25) is 0 Å². The highest BCUT2D eigenvalue weighted by molar-refractivity contribution is 6.09. The van der Waals surface area contributed by atoms with E-state index in [0.29, 0.717) is 0 Å². The molecule has 10 aromatic carbocycles. The molecule has 2 heteroatoms. The highest BCUT2D eigenvalue weighted by Gasteiger charge is 2.17. The summed E-state index contributed by atoms with van der Waals surface area (Å²) < 4.78 is 2.41. The second-order valence-electron chi connectivity index (χ2n) is 15.0. The summed E-state index contributed by atoms with van der Waals surface area (Å²) in [5.41, 5.74) is 14.0. The molecule has 0 bridgehead atoms. The molecule has 0 saturated heterocycles. The van der Waals surface area contributed by atoms with Crippen LogP contribution in [0.1, 0.15) is 0 Å². The van der Waals surface area contributed by atoms with Crippen LogP contribution in [0.25, 0.3) is 82.4 Å². The van der Waals surface area contributed by atoms with Crippen LogP contribution in [0.3, 0.4) is 0 Å². The summed E-state index contributed by atoms with van der Waals surface area (Å²) in [7, 11) is 0. The van der Waals surface area contributed by atoms with E-state index in [0.717, 1.165) is 22.7 Å². The molecular weight excluding hydrogens is 701 g/mol. The molecule has 2 nitrogen and oxygen atoms in total. The van der Waals surface area contributed by atoms with Crippen LogP contribution in [0.2, 0.25) is 0 Å². The number of hydrogen-bond acceptors (Lipinski definition) is 1. The van der Waals surface area contributed by atoms with Gasteiger partial charge >= 0.3 is 0 Å². The fraction of sp³-hybridized carbons (Fsp3) is 0. The third-order valence-electron chi connectivity index (χ3n) is 11.6. The first kappa shape index (κ1) is 33.6. The molecule has 0 aliphatic rings. The summed E-state index contributed by atoms with van der Waals surface area (Å²) in [6.07, 6.45) is 0. The van der Waals surface area contributed by atoms with Gasteiger partial charge in [0.15, 0.2) is 0 Å². The topological polar surface area (TPSA) is 8.17 Å². The zero-order valence-corrected chi connectivity index (χ0v) is 31.8. The van der Waals surface area contributed by atoms with Crippen molar-refractivity contribution in [3.8, 4) is 39.1 Å². The molecule has 0 amide bonds. The Morgan fingerprint density at radius 3 is 1.16 bits per heavy atom. The van der Waals surface area contributed by atoms with Crippen molar-refractivity contribution in [2.24, 2.45) is 0 Å².